The Morgan fingerprint density at radius 2 is 1.91 bits per heavy atom. The van der Waals surface area contributed by atoms with Gasteiger partial charge in [0, 0.05) is 18.9 Å². The third-order valence-corrected chi connectivity index (χ3v) is 4.26. The van der Waals surface area contributed by atoms with Gasteiger partial charge < -0.3 is 14.6 Å². The first-order chi connectivity index (χ1) is 10.5. The third-order valence-electron chi connectivity index (χ3n) is 4.26. The molecule has 7 nitrogen and oxygen atoms in total. The number of carboxylic acid groups (broad SMARTS) is 1. The second-order valence-corrected chi connectivity index (χ2v) is 5.70. The molecule has 2 fully saturated rings. The van der Waals surface area contributed by atoms with Crippen LogP contribution in [-0.4, -0.2) is 27.9 Å². The lowest BCUT2D eigenvalue weighted by molar-refractivity contribution is -0.386. The molecule has 0 radical (unpaired) electrons. The molecule has 118 valence electrons. The number of carbonyl (C=O) groups is 1. The van der Waals surface area contributed by atoms with Crippen LogP contribution in [0.1, 0.15) is 43.8 Å². The Bertz CT molecular complexity index is 595. The summed E-state index contributed by atoms with van der Waals surface area (Å²) in [5.74, 6) is -2.08. The van der Waals surface area contributed by atoms with E-state index in [0.717, 1.165) is 19.3 Å². The summed E-state index contributed by atoms with van der Waals surface area (Å²) in [5, 5.41) is 20.6. The number of hydrogen-bond donors (Lipinski definition) is 1. The van der Waals surface area contributed by atoms with Crippen molar-refractivity contribution in [1.29, 1.82) is 0 Å². The van der Waals surface area contributed by atoms with E-state index in [0.29, 0.717) is 12.8 Å². The average molecular weight is 307 g/mol. The molecule has 2 aliphatic rings. The zero-order valence-corrected chi connectivity index (χ0v) is 11.9. The molecular weight excluding hydrogens is 290 g/mol. The van der Waals surface area contributed by atoms with Crippen LogP contribution in [0, 0.1) is 10.1 Å². The highest BCUT2D eigenvalue weighted by Gasteiger charge is 2.52. The van der Waals surface area contributed by atoms with Gasteiger partial charge in [-0.1, -0.05) is 18.6 Å². The van der Waals surface area contributed by atoms with E-state index in [1.165, 1.54) is 12.1 Å². The van der Waals surface area contributed by atoms with E-state index in [9.17, 15) is 20.0 Å². The molecule has 1 heterocycles. The van der Waals surface area contributed by atoms with Crippen molar-refractivity contribution in [2.75, 3.05) is 0 Å². The molecule has 1 aromatic carbocycles. The van der Waals surface area contributed by atoms with Crippen molar-refractivity contribution in [3.63, 3.8) is 0 Å². The Hall–Kier alpha value is -1.99. The number of aliphatic carboxylic acids is 1. The Kier molecular flexibility index (Phi) is 3.84. The summed E-state index contributed by atoms with van der Waals surface area (Å²) in [7, 11) is 0. The molecule has 22 heavy (non-hydrogen) atoms. The third kappa shape index (κ3) is 2.57. The topological polar surface area (TPSA) is 98.9 Å². The van der Waals surface area contributed by atoms with Gasteiger partial charge in [0.05, 0.1) is 10.5 Å². The van der Waals surface area contributed by atoms with Crippen LogP contribution in [0.25, 0.3) is 0 Å². The summed E-state index contributed by atoms with van der Waals surface area (Å²) >= 11 is 0. The molecule has 0 aromatic heterocycles. The first-order valence-corrected chi connectivity index (χ1v) is 7.34. The predicted molar refractivity (Wildman–Crippen MR) is 75.2 cm³/mol. The van der Waals surface area contributed by atoms with E-state index in [1.807, 2.05) is 0 Å². The SMILES string of the molecule is O=C(O)[C@H]1OC2(CCCCC2)O[C@@H]1c1ccccc1[N+](=O)[O-]. The lowest BCUT2D eigenvalue weighted by atomic mass is 9.94. The summed E-state index contributed by atoms with van der Waals surface area (Å²) in [6.45, 7) is 0. The van der Waals surface area contributed by atoms with Gasteiger partial charge >= 0.3 is 5.97 Å². The molecule has 1 spiro atoms. The van der Waals surface area contributed by atoms with Gasteiger partial charge in [-0.3, -0.25) is 10.1 Å². The van der Waals surface area contributed by atoms with Crippen molar-refractivity contribution >= 4 is 11.7 Å². The standard InChI is InChI=1S/C15H17NO6/c17-14(18)13-12(10-6-2-3-7-11(10)16(19)20)21-15(22-13)8-4-1-5-9-15/h2-3,6-7,12-13H,1,4-5,8-9H2,(H,17,18)/t12-,13+/m1/s1. The molecule has 0 amide bonds. The van der Waals surface area contributed by atoms with Gasteiger partial charge in [0.15, 0.2) is 11.9 Å². The van der Waals surface area contributed by atoms with E-state index in [2.05, 4.69) is 0 Å². The fourth-order valence-corrected chi connectivity index (χ4v) is 3.24. The quantitative estimate of drug-likeness (QED) is 0.681. The molecule has 0 unspecified atom stereocenters. The van der Waals surface area contributed by atoms with Crippen LogP contribution in [0.15, 0.2) is 24.3 Å². The molecule has 1 N–H and O–H groups in total. The minimum atomic E-state index is -1.22. The highest BCUT2D eigenvalue weighted by atomic mass is 16.8. The maximum atomic E-state index is 11.5. The van der Waals surface area contributed by atoms with Crippen LogP contribution in [0.4, 0.5) is 5.69 Å². The summed E-state index contributed by atoms with van der Waals surface area (Å²) < 4.78 is 11.6. The number of para-hydroxylation sites is 1. The van der Waals surface area contributed by atoms with Gasteiger partial charge in [-0.25, -0.2) is 4.79 Å². The Morgan fingerprint density at radius 3 is 2.55 bits per heavy atom. The van der Waals surface area contributed by atoms with E-state index in [1.54, 1.807) is 12.1 Å². The lowest BCUT2D eigenvalue weighted by Gasteiger charge is -2.31. The van der Waals surface area contributed by atoms with Gasteiger partial charge in [-0.05, 0) is 18.9 Å². The number of hydrogen-bond acceptors (Lipinski definition) is 5. The van der Waals surface area contributed by atoms with Crippen LogP contribution < -0.4 is 0 Å². The molecule has 1 saturated heterocycles. The molecule has 1 aromatic rings. The molecule has 3 rings (SSSR count). The second-order valence-electron chi connectivity index (χ2n) is 5.70. The van der Waals surface area contributed by atoms with Crippen LogP contribution in [0.3, 0.4) is 0 Å². The molecule has 2 atom stereocenters. The number of ether oxygens (including phenoxy) is 2. The fraction of sp³-hybridized carbons (Fsp3) is 0.533. The van der Waals surface area contributed by atoms with Crippen molar-refractivity contribution in [1.82, 2.24) is 0 Å². The first kappa shape index (κ1) is 14.9. The van der Waals surface area contributed by atoms with Crippen molar-refractivity contribution in [2.45, 2.75) is 50.1 Å². The van der Waals surface area contributed by atoms with Crippen molar-refractivity contribution < 1.29 is 24.3 Å². The van der Waals surface area contributed by atoms with Crippen molar-refractivity contribution in [2.24, 2.45) is 0 Å². The van der Waals surface area contributed by atoms with E-state index in [4.69, 9.17) is 9.47 Å². The number of nitro groups is 1. The maximum absolute atomic E-state index is 11.5. The highest BCUT2D eigenvalue weighted by molar-refractivity contribution is 5.74. The van der Waals surface area contributed by atoms with Gasteiger partial charge in [-0.2, -0.15) is 0 Å². The predicted octanol–water partition coefficient (Wildman–Crippen LogP) is 2.80. The smallest absolute Gasteiger partial charge is 0.336 e. The second kappa shape index (κ2) is 5.66. The van der Waals surface area contributed by atoms with Crippen LogP contribution in [-0.2, 0) is 14.3 Å². The molecular formula is C15H17NO6. The number of rotatable bonds is 3. The summed E-state index contributed by atoms with van der Waals surface area (Å²) in [6.07, 6.45) is 1.91. The number of carboxylic acids is 1. The van der Waals surface area contributed by atoms with Gasteiger partial charge in [0.25, 0.3) is 5.69 Å². The maximum Gasteiger partial charge on any atom is 0.336 e. The number of nitrogens with zero attached hydrogens (tertiary/aromatic N) is 1. The zero-order valence-electron chi connectivity index (χ0n) is 11.9. The Morgan fingerprint density at radius 1 is 1.23 bits per heavy atom. The summed E-state index contributed by atoms with van der Waals surface area (Å²) in [4.78, 5) is 22.2. The van der Waals surface area contributed by atoms with E-state index >= 15 is 0 Å². The lowest BCUT2D eigenvalue weighted by Crippen LogP contribution is -2.34. The fourth-order valence-electron chi connectivity index (χ4n) is 3.24. The minimum absolute atomic E-state index is 0.143. The van der Waals surface area contributed by atoms with Crippen LogP contribution >= 0.6 is 0 Å². The van der Waals surface area contributed by atoms with E-state index < -0.39 is 28.9 Å². The summed E-state index contributed by atoms with van der Waals surface area (Å²) in [6, 6.07) is 6.06. The van der Waals surface area contributed by atoms with Crippen LogP contribution in [0.2, 0.25) is 0 Å². The Labute approximate surface area is 127 Å². The van der Waals surface area contributed by atoms with E-state index in [-0.39, 0.29) is 11.3 Å². The summed E-state index contributed by atoms with van der Waals surface area (Å²) in [5.41, 5.74) is 0.109. The average Bonchev–Trinajstić information content (AvgIpc) is 2.87. The normalized spacial score (nSPS) is 26.9. The van der Waals surface area contributed by atoms with Gasteiger partial charge in [0.1, 0.15) is 6.10 Å². The molecule has 7 heteroatoms. The van der Waals surface area contributed by atoms with Crippen LogP contribution in [0.5, 0.6) is 0 Å². The first-order valence-electron chi connectivity index (χ1n) is 7.34. The van der Waals surface area contributed by atoms with Crippen molar-refractivity contribution in [3.8, 4) is 0 Å². The Balaban J connectivity index is 1.97. The molecule has 1 aliphatic carbocycles. The largest absolute Gasteiger partial charge is 0.479 e. The van der Waals surface area contributed by atoms with Gasteiger partial charge in [-0.15, -0.1) is 0 Å². The van der Waals surface area contributed by atoms with Gasteiger partial charge in [0.2, 0.25) is 0 Å². The number of benzene rings is 1. The molecule has 0 bridgehead atoms. The number of nitro benzene ring substituents is 1. The molecule has 1 aliphatic heterocycles. The highest BCUT2D eigenvalue weighted by Crippen LogP contribution is 2.47. The molecule has 1 saturated carbocycles. The van der Waals surface area contributed by atoms with Crippen molar-refractivity contribution in [3.05, 3.63) is 39.9 Å². The zero-order chi connectivity index (χ0) is 15.7. The monoisotopic (exact) mass is 307 g/mol. The minimum Gasteiger partial charge on any atom is -0.479 e.